The first-order valence-electron chi connectivity index (χ1n) is 3.42. The fourth-order valence-corrected chi connectivity index (χ4v) is 0.618. The number of rotatable bonds is 4. The van der Waals surface area contributed by atoms with E-state index in [1.165, 1.54) is 0 Å². The molecule has 0 aromatic rings. The molecule has 60 valence electrons. The van der Waals surface area contributed by atoms with E-state index < -0.39 is 5.91 Å². The van der Waals surface area contributed by atoms with Crippen LogP contribution in [0, 0.1) is 0 Å². The molecule has 0 fully saturated rings. The molecule has 0 aliphatic carbocycles. The summed E-state index contributed by atoms with van der Waals surface area (Å²) in [5.41, 5.74) is 0.384. The van der Waals surface area contributed by atoms with Gasteiger partial charge in [-0.15, -0.1) is 0 Å². The quantitative estimate of drug-likeness (QED) is 0.391. The largest absolute Gasteiger partial charge is 0.350 e. The van der Waals surface area contributed by atoms with Crippen LogP contribution in [0.15, 0.2) is 12.2 Å². The lowest BCUT2D eigenvalue weighted by Gasteiger charge is -2.23. The molecule has 0 atom stereocenters. The van der Waals surface area contributed by atoms with Crippen molar-refractivity contribution < 1.29 is 10.2 Å². The summed E-state index contributed by atoms with van der Waals surface area (Å²) in [6.45, 7) is 7.62. The van der Waals surface area contributed by atoms with Gasteiger partial charge in [0.25, 0.3) is 0 Å². The molecular formula is C7H15NO2. The molecule has 0 spiro atoms. The lowest BCUT2D eigenvalue weighted by atomic mass is 10.2. The molecule has 0 aromatic carbocycles. The Kier molecular flexibility index (Phi) is 3.57. The van der Waals surface area contributed by atoms with Crippen molar-refractivity contribution in [1.29, 1.82) is 0 Å². The molecule has 10 heavy (non-hydrogen) atoms. The van der Waals surface area contributed by atoms with Gasteiger partial charge >= 0.3 is 0 Å². The smallest absolute Gasteiger partial charge is 0.246 e. The third-order valence-electron chi connectivity index (χ3n) is 1.34. The van der Waals surface area contributed by atoms with E-state index >= 15 is 0 Å². The summed E-state index contributed by atoms with van der Waals surface area (Å²) in [4.78, 5) is 0. The molecular weight excluding hydrogens is 130 g/mol. The Balaban J connectivity index is 3.96. The molecule has 0 radical (unpaired) electrons. The van der Waals surface area contributed by atoms with Gasteiger partial charge in [-0.2, -0.15) is 0 Å². The first kappa shape index (κ1) is 9.62. The summed E-state index contributed by atoms with van der Waals surface area (Å²) in [7, 11) is 0. The molecule has 0 heterocycles. The van der Waals surface area contributed by atoms with Crippen LogP contribution in [0.2, 0.25) is 0 Å². The average Bonchev–Trinajstić information content (AvgIpc) is 1.86. The highest BCUT2D eigenvalue weighted by Gasteiger charge is 2.23. The van der Waals surface area contributed by atoms with Crippen LogP contribution in [0.25, 0.3) is 0 Å². The van der Waals surface area contributed by atoms with Crippen molar-refractivity contribution in [2.75, 3.05) is 6.54 Å². The highest BCUT2D eigenvalue weighted by atomic mass is 16.5. The molecule has 0 saturated heterocycles. The summed E-state index contributed by atoms with van der Waals surface area (Å²) in [5, 5.41) is 20.7. The van der Waals surface area contributed by atoms with Crippen LogP contribution in [0.1, 0.15) is 20.3 Å². The van der Waals surface area contributed by atoms with Crippen molar-refractivity contribution in [1.82, 2.24) is 5.32 Å². The molecule has 0 amide bonds. The molecule has 0 unspecified atom stereocenters. The monoisotopic (exact) mass is 145 g/mol. The van der Waals surface area contributed by atoms with Gasteiger partial charge < -0.3 is 10.2 Å². The standard InChI is InChI=1S/C7H15NO2/c1-4-6(3)7(9,10)8-5-2/h8-10H,3-5H2,1-2H3. The molecule has 0 rings (SSSR count). The summed E-state index contributed by atoms with van der Waals surface area (Å²) in [6.07, 6.45) is 0.556. The second kappa shape index (κ2) is 3.71. The van der Waals surface area contributed by atoms with Gasteiger partial charge in [-0.05, 0) is 18.5 Å². The summed E-state index contributed by atoms with van der Waals surface area (Å²) < 4.78 is 0. The lowest BCUT2D eigenvalue weighted by molar-refractivity contribution is -0.153. The van der Waals surface area contributed by atoms with Crippen LogP contribution >= 0.6 is 0 Å². The summed E-state index contributed by atoms with van der Waals surface area (Å²) in [6, 6.07) is 0. The van der Waals surface area contributed by atoms with Crippen LogP contribution < -0.4 is 5.32 Å². The van der Waals surface area contributed by atoms with Crippen molar-refractivity contribution >= 4 is 0 Å². The second-order valence-corrected chi connectivity index (χ2v) is 2.16. The van der Waals surface area contributed by atoms with Gasteiger partial charge in [0.2, 0.25) is 5.91 Å². The van der Waals surface area contributed by atoms with E-state index in [1.807, 2.05) is 6.92 Å². The Bertz CT molecular complexity index is 121. The number of likely N-dealkylation sites (N-methyl/N-ethyl adjacent to an activating group) is 1. The van der Waals surface area contributed by atoms with Crippen LogP contribution in [0.5, 0.6) is 0 Å². The predicted octanol–water partition coefficient (Wildman–Crippen LogP) is 0.200. The van der Waals surface area contributed by atoms with Gasteiger partial charge in [0.15, 0.2) is 0 Å². The number of nitrogens with one attached hydrogen (secondary N) is 1. The summed E-state index contributed by atoms with van der Waals surface area (Å²) >= 11 is 0. The topological polar surface area (TPSA) is 52.5 Å². The van der Waals surface area contributed by atoms with Gasteiger partial charge in [-0.25, -0.2) is 0 Å². The Hall–Kier alpha value is -0.380. The first-order chi connectivity index (χ1) is 4.54. The van der Waals surface area contributed by atoms with Crippen LogP contribution in [0.3, 0.4) is 0 Å². The van der Waals surface area contributed by atoms with Crippen LogP contribution in [0.4, 0.5) is 0 Å². The van der Waals surface area contributed by atoms with Gasteiger partial charge in [-0.3, -0.25) is 5.32 Å². The van der Waals surface area contributed by atoms with Gasteiger partial charge in [-0.1, -0.05) is 20.4 Å². The number of aliphatic hydroxyl groups is 2. The van der Waals surface area contributed by atoms with Crippen molar-refractivity contribution in [3.63, 3.8) is 0 Å². The Morgan fingerprint density at radius 2 is 2.00 bits per heavy atom. The third kappa shape index (κ3) is 2.47. The summed E-state index contributed by atoms with van der Waals surface area (Å²) in [5.74, 6) is -1.89. The molecule has 0 aliphatic rings. The van der Waals surface area contributed by atoms with Gasteiger partial charge in [0.1, 0.15) is 0 Å². The maximum atomic E-state index is 9.13. The van der Waals surface area contributed by atoms with E-state index in [9.17, 15) is 0 Å². The fraction of sp³-hybridized carbons (Fsp3) is 0.714. The van der Waals surface area contributed by atoms with E-state index in [0.717, 1.165) is 0 Å². The Morgan fingerprint density at radius 1 is 1.50 bits per heavy atom. The van der Waals surface area contributed by atoms with E-state index in [1.54, 1.807) is 6.92 Å². The zero-order chi connectivity index (χ0) is 8.20. The van der Waals surface area contributed by atoms with Crippen molar-refractivity contribution in [2.24, 2.45) is 0 Å². The Morgan fingerprint density at radius 3 is 2.30 bits per heavy atom. The average molecular weight is 145 g/mol. The van der Waals surface area contributed by atoms with Crippen molar-refractivity contribution in [3.05, 3.63) is 12.2 Å². The first-order valence-corrected chi connectivity index (χ1v) is 3.42. The highest BCUT2D eigenvalue weighted by molar-refractivity contribution is 5.03. The molecule has 0 bridgehead atoms. The van der Waals surface area contributed by atoms with Crippen LogP contribution in [-0.4, -0.2) is 22.7 Å². The fourth-order valence-electron chi connectivity index (χ4n) is 0.618. The molecule has 3 N–H and O–H groups in total. The van der Waals surface area contributed by atoms with Crippen molar-refractivity contribution in [2.45, 2.75) is 26.2 Å². The van der Waals surface area contributed by atoms with E-state index in [2.05, 4.69) is 11.9 Å². The minimum atomic E-state index is -1.89. The zero-order valence-electron chi connectivity index (χ0n) is 6.52. The maximum Gasteiger partial charge on any atom is 0.246 e. The normalized spacial score (nSPS) is 11.6. The minimum Gasteiger partial charge on any atom is -0.350 e. The molecule has 3 heteroatoms. The predicted molar refractivity (Wildman–Crippen MR) is 40.3 cm³/mol. The van der Waals surface area contributed by atoms with Crippen LogP contribution in [-0.2, 0) is 0 Å². The van der Waals surface area contributed by atoms with Gasteiger partial charge in [0, 0.05) is 0 Å². The van der Waals surface area contributed by atoms with E-state index in [-0.39, 0.29) is 0 Å². The highest BCUT2D eigenvalue weighted by Crippen LogP contribution is 2.10. The minimum absolute atomic E-state index is 0.384. The third-order valence-corrected chi connectivity index (χ3v) is 1.34. The van der Waals surface area contributed by atoms with E-state index in [0.29, 0.717) is 18.5 Å². The zero-order valence-corrected chi connectivity index (χ0v) is 6.52. The molecule has 0 aromatic heterocycles. The SMILES string of the molecule is C=C(CC)C(O)(O)NCC. The maximum absolute atomic E-state index is 9.13. The van der Waals surface area contributed by atoms with Crippen molar-refractivity contribution in [3.8, 4) is 0 Å². The second-order valence-electron chi connectivity index (χ2n) is 2.16. The number of hydrogen-bond donors (Lipinski definition) is 3. The number of hydrogen-bond acceptors (Lipinski definition) is 3. The molecule has 0 saturated carbocycles. The van der Waals surface area contributed by atoms with E-state index in [4.69, 9.17) is 10.2 Å². The van der Waals surface area contributed by atoms with Gasteiger partial charge in [0.05, 0.1) is 0 Å². The Labute approximate surface area is 61.4 Å². The molecule has 3 nitrogen and oxygen atoms in total. The molecule has 0 aliphatic heterocycles. The lowest BCUT2D eigenvalue weighted by Crippen LogP contribution is -2.46.